The van der Waals surface area contributed by atoms with E-state index < -0.39 is 0 Å². The molecular formula is C14H25BrO. The second kappa shape index (κ2) is 5.86. The molecule has 0 aromatic carbocycles. The summed E-state index contributed by atoms with van der Waals surface area (Å²) in [6.45, 7) is 2.30. The number of halogens is 1. The molecule has 2 aliphatic rings. The molecule has 0 radical (unpaired) electrons. The van der Waals surface area contributed by atoms with Gasteiger partial charge in [0.2, 0.25) is 0 Å². The average Bonchev–Trinajstić information content (AvgIpc) is 2.79. The molecule has 2 saturated carbocycles. The molecule has 16 heavy (non-hydrogen) atoms. The third kappa shape index (κ3) is 3.01. The zero-order valence-corrected chi connectivity index (χ0v) is 12.1. The number of rotatable bonds is 4. The van der Waals surface area contributed by atoms with E-state index in [-0.39, 0.29) is 5.60 Å². The van der Waals surface area contributed by atoms with Crippen LogP contribution in [-0.2, 0) is 4.74 Å². The van der Waals surface area contributed by atoms with E-state index in [9.17, 15) is 0 Å². The van der Waals surface area contributed by atoms with E-state index in [0.717, 1.165) is 11.2 Å². The Morgan fingerprint density at radius 2 is 1.75 bits per heavy atom. The van der Waals surface area contributed by atoms with Gasteiger partial charge in [0.05, 0.1) is 11.7 Å². The SMILES string of the molecule is CC(OC1(CBr)CCCC1)C1CCCCC1. The van der Waals surface area contributed by atoms with Gasteiger partial charge in [-0.15, -0.1) is 0 Å². The lowest BCUT2D eigenvalue weighted by molar-refractivity contribution is -0.0946. The van der Waals surface area contributed by atoms with E-state index in [2.05, 4.69) is 22.9 Å². The Morgan fingerprint density at radius 1 is 1.12 bits per heavy atom. The zero-order chi connectivity index (χ0) is 11.4. The lowest BCUT2D eigenvalue weighted by Gasteiger charge is -2.36. The minimum Gasteiger partial charge on any atom is -0.371 e. The summed E-state index contributed by atoms with van der Waals surface area (Å²) in [6, 6.07) is 0. The van der Waals surface area contributed by atoms with Gasteiger partial charge in [-0.25, -0.2) is 0 Å². The van der Waals surface area contributed by atoms with Crippen LogP contribution in [0, 0.1) is 5.92 Å². The van der Waals surface area contributed by atoms with Gasteiger partial charge in [-0.2, -0.15) is 0 Å². The Kier molecular flexibility index (Phi) is 4.72. The predicted octanol–water partition coefficient (Wildman–Crippen LogP) is 4.68. The van der Waals surface area contributed by atoms with Crippen LogP contribution in [0.25, 0.3) is 0 Å². The van der Waals surface area contributed by atoms with Crippen LogP contribution in [0.4, 0.5) is 0 Å². The van der Waals surface area contributed by atoms with Gasteiger partial charge in [0, 0.05) is 5.33 Å². The van der Waals surface area contributed by atoms with Crippen molar-refractivity contribution in [3.63, 3.8) is 0 Å². The van der Waals surface area contributed by atoms with E-state index in [1.807, 2.05) is 0 Å². The second-order valence-corrected chi connectivity index (χ2v) is 6.31. The summed E-state index contributed by atoms with van der Waals surface area (Å²) in [6.07, 6.45) is 12.7. The summed E-state index contributed by atoms with van der Waals surface area (Å²) in [5.41, 5.74) is 0.177. The second-order valence-electron chi connectivity index (χ2n) is 5.74. The molecule has 0 aromatic rings. The Hall–Kier alpha value is 0.440. The smallest absolute Gasteiger partial charge is 0.0782 e. The maximum atomic E-state index is 6.44. The molecule has 0 amide bonds. The minimum atomic E-state index is 0.177. The molecule has 0 aliphatic heterocycles. The van der Waals surface area contributed by atoms with Gasteiger partial charge >= 0.3 is 0 Å². The highest BCUT2D eigenvalue weighted by Gasteiger charge is 2.36. The average molecular weight is 289 g/mol. The molecule has 2 heteroatoms. The van der Waals surface area contributed by atoms with Crippen LogP contribution in [0.2, 0.25) is 0 Å². The lowest BCUT2D eigenvalue weighted by atomic mass is 9.85. The van der Waals surface area contributed by atoms with E-state index >= 15 is 0 Å². The zero-order valence-electron chi connectivity index (χ0n) is 10.5. The molecule has 2 fully saturated rings. The maximum Gasteiger partial charge on any atom is 0.0782 e. The van der Waals surface area contributed by atoms with E-state index in [4.69, 9.17) is 4.74 Å². The molecule has 0 spiro atoms. The minimum absolute atomic E-state index is 0.177. The Labute approximate surface area is 108 Å². The van der Waals surface area contributed by atoms with E-state index in [0.29, 0.717) is 6.10 Å². The lowest BCUT2D eigenvalue weighted by Crippen LogP contribution is -2.38. The van der Waals surface area contributed by atoms with Gasteiger partial charge in [0.25, 0.3) is 0 Å². The standard InChI is InChI=1S/C14H25BrO/c1-12(13-7-3-2-4-8-13)16-14(11-15)9-5-6-10-14/h12-13H,2-11H2,1H3. The first-order valence-electron chi connectivity index (χ1n) is 6.99. The van der Waals surface area contributed by atoms with Crippen molar-refractivity contribution in [1.29, 1.82) is 0 Å². The Bertz CT molecular complexity index is 205. The van der Waals surface area contributed by atoms with Crippen LogP contribution in [0.5, 0.6) is 0 Å². The van der Waals surface area contributed by atoms with Crippen molar-refractivity contribution < 1.29 is 4.74 Å². The summed E-state index contributed by atoms with van der Waals surface area (Å²) in [5.74, 6) is 0.824. The van der Waals surface area contributed by atoms with E-state index in [1.165, 1.54) is 57.8 Å². The molecule has 2 aliphatic carbocycles. The topological polar surface area (TPSA) is 9.23 Å². The first-order valence-corrected chi connectivity index (χ1v) is 8.12. The van der Waals surface area contributed by atoms with Gasteiger partial charge in [0.15, 0.2) is 0 Å². The molecule has 0 aromatic heterocycles. The Morgan fingerprint density at radius 3 is 2.31 bits per heavy atom. The highest BCUT2D eigenvalue weighted by Crippen LogP contribution is 2.38. The van der Waals surface area contributed by atoms with Crippen molar-refractivity contribution in [3.05, 3.63) is 0 Å². The normalized spacial score (nSPS) is 28.1. The number of ether oxygens (including phenoxy) is 1. The van der Waals surface area contributed by atoms with Crippen LogP contribution in [0.1, 0.15) is 64.7 Å². The molecule has 0 N–H and O–H groups in total. The van der Waals surface area contributed by atoms with Crippen molar-refractivity contribution in [3.8, 4) is 0 Å². The highest BCUT2D eigenvalue weighted by molar-refractivity contribution is 9.09. The summed E-state index contributed by atoms with van der Waals surface area (Å²) < 4.78 is 6.44. The fourth-order valence-electron chi connectivity index (χ4n) is 3.40. The molecule has 1 unspecified atom stereocenters. The van der Waals surface area contributed by atoms with Crippen LogP contribution in [-0.4, -0.2) is 17.0 Å². The van der Waals surface area contributed by atoms with Gasteiger partial charge < -0.3 is 4.74 Å². The molecule has 2 rings (SSSR count). The van der Waals surface area contributed by atoms with Crippen molar-refractivity contribution in [1.82, 2.24) is 0 Å². The molecule has 1 atom stereocenters. The predicted molar refractivity (Wildman–Crippen MR) is 72.1 cm³/mol. The van der Waals surface area contributed by atoms with Crippen molar-refractivity contribution >= 4 is 15.9 Å². The third-order valence-corrected chi connectivity index (χ3v) is 5.53. The summed E-state index contributed by atoms with van der Waals surface area (Å²) in [7, 11) is 0. The summed E-state index contributed by atoms with van der Waals surface area (Å²) in [4.78, 5) is 0. The van der Waals surface area contributed by atoms with Crippen molar-refractivity contribution in [2.75, 3.05) is 5.33 Å². The van der Waals surface area contributed by atoms with Crippen LogP contribution in [0.15, 0.2) is 0 Å². The third-order valence-electron chi connectivity index (χ3n) is 4.51. The number of hydrogen-bond acceptors (Lipinski definition) is 1. The molecule has 1 nitrogen and oxygen atoms in total. The summed E-state index contributed by atoms with van der Waals surface area (Å²) >= 11 is 3.66. The van der Waals surface area contributed by atoms with Gasteiger partial charge in [-0.1, -0.05) is 48.0 Å². The van der Waals surface area contributed by atoms with Crippen LogP contribution < -0.4 is 0 Å². The maximum absolute atomic E-state index is 6.44. The molecule has 0 bridgehead atoms. The summed E-state index contributed by atoms with van der Waals surface area (Å²) in [5, 5.41) is 1.02. The molecular weight excluding hydrogens is 264 g/mol. The molecule has 0 heterocycles. The van der Waals surface area contributed by atoms with Crippen LogP contribution in [0.3, 0.4) is 0 Å². The van der Waals surface area contributed by atoms with E-state index in [1.54, 1.807) is 0 Å². The van der Waals surface area contributed by atoms with Crippen molar-refractivity contribution in [2.45, 2.75) is 76.4 Å². The Balaban J connectivity index is 1.86. The monoisotopic (exact) mass is 288 g/mol. The van der Waals surface area contributed by atoms with Gasteiger partial charge in [0.1, 0.15) is 0 Å². The van der Waals surface area contributed by atoms with Gasteiger partial charge in [-0.3, -0.25) is 0 Å². The fourth-order valence-corrected chi connectivity index (χ4v) is 4.09. The first-order chi connectivity index (χ1) is 7.76. The fraction of sp³-hybridized carbons (Fsp3) is 1.00. The largest absolute Gasteiger partial charge is 0.371 e. The van der Waals surface area contributed by atoms with Crippen LogP contribution >= 0.6 is 15.9 Å². The van der Waals surface area contributed by atoms with Gasteiger partial charge in [-0.05, 0) is 38.5 Å². The number of hydrogen-bond donors (Lipinski definition) is 0. The highest BCUT2D eigenvalue weighted by atomic mass is 79.9. The number of alkyl halides is 1. The first kappa shape index (κ1) is 12.9. The molecule has 94 valence electrons. The quantitative estimate of drug-likeness (QED) is 0.683. The molecule has 0 saturated heterocycles. The van der Waals surface area contributed by atoms with Crippen molar-refractivity contribution in [2.24, 2.45) is 5.92 Å².